The molecule has 0 radical (unpaired) electrons. The third kappa shape index (κ3) is 13.1. The molecule has 0 heterocycles. The lowest BCUT2D eigenvalue weighted by atomic mass is 10.1. The molecule has 0 aromatic heterocycles. The van der Waals surface area contributed by atoms with Gasteiger partial charge in [0.1, 0.15) is 11.5 Å². The van der Waals surface area contributed by atoms with Crippen LogP contribution in [0.5, 0.6) is 11.5 Å². The molecule has 2 heteroatoms. The van der Waals surface area contributed by atoms with Gasteiger partial charge in [-0.25, -0.2) is 0 Å². The number of ether oxygens (including phenoxy) is 2. The summed E-state index contributed by atoms with van der Waals surface area (Å²) in [6.07, 6.45) is 21.3. The van der Waals surface area contributed by atoms with Gasteiger partial charge in [0.25, 0.3) is 0 Å². The fourth-order valence-corrected chi connectivity index (χ4v) is 4.34. The van der Waals surface area contributed by atoms with Crippen molar-refractivity contribution in [3.63, 3.8) is 0 Å². The van der Waals surface area contributed by atoms with Crippen LogP contribution in [0, 0.1) is 0 Å². The molecule has 2 nitrogen and oxygen atoms in total. The lowest BCUT2D eigenvalue weighted by molar-refractivity contribution is 0.304. The zero-order valence-electron chi connectivity index (χ0n) is 22.2. The van der Waals surface area contributed by atoms with Crippen LogP contribution in [0.4, 0.5) is 0 Å². The van der Waals surface area contributed by atoms with E-state index in [1.54, 1.807) is 0 Å². The standard InChI is InChI=1S/C32H50O2/c1-3-5-7-9-11-13-15-17-27-33-31-23-19-29(20-24-31)30-21-25-32(26-22-30)34-28-18-16-14-12-10-8-6-4-2/h19-26H,3-18,27-28H2,1-2H3. The highest BCUT2D eigenvalue weighted by atomic mass is 16.5. The lowest BCUT2D eigenvalue weighted by Crippen LogP contribution is -1.97. The van der Waals surface area contributed by atoms with E-state index in [0.717, 1.165) is 37.6 Å². The predicted molar refractivity (Wildman–Crippen MR) is 148 cm³/mol. The van der Waals surface area contributed by atoms with Gasteiger partial charge in [0.2, 0.25) is 0 Å². The van der Waals surface area contributed by atoms with Gasteiger partial charge >= 0.3 is 0 Å². The van der Waals surface area contributed by atoms with Gasteiger partial charge in [-0.2, -0.15) is 0 Å². The van der Waals surface area contributed by atoms with Crippen molar-refractivity contribution in [1.29, 1.82) is 0 Å². The second-order valence-electron chi connectivity index (χ2n) is 9.70. The molecule has 0 aliphatic rings. The molecule has 0 N–H and O–H groups in total. The van der Waals surface area contributed by atoms with Gasteiger partial charge in [-0.3, -0.25) is 0 Å². The van der Waals surface area contributed by atoms with Gasteiger partial charge < -0.3 is 9.47 Å². The maximum absolute atomic E-state index is 5.94. The van der Waals surface area contributed by atoms with Crippen molar-refractivity contribution in [2.45, 2.75) is 117 Å². The molecule has 0 aliphatic carbocycles. The monoisotopic (exact) mass is 466 g/mol. The van der Waals surface area contributed by atoms with Crippen LogP contribution in [0.25, 0.3) is 11.1 Å². The van der Waals surface area contributed by atoms with E-state index in [-0.39, 0.29) is 0 Å². The van der Waals surface area contributed by atoms with E-state index in [9.17, 15) is 0 Å². The number of benzene rings is 2. The molecule has 34 heavy (non-hydrogen) atoms. The first kappa shape index (κ1) is 28.3. The Kier molecular flexibility index (Phi) is 16.1. The maximum atomic E-state index is 5.94. The normalized spacial score (nSPS) is 11.0. The second kappa shape index (κ2) is 19.4. The van der Waals surface area contributed by atoms with Crippen molar-refractivity contribution in [3.05, 3.63) is 48.5 Å². The SMILES string of the molecule is CCCCCCCCCCOc1ccc(-c2ccc(OCCCCCCCCCC)cc2)cc1. The molecule has 0 aliphatic heterocycles. The molecule has 0 unspecified atom stereocenters. The Morgan fingerprint density at radius 1 is 0.382 bits per heavy atom. The Bertz CT molecular complexity index is 641. The maximum Gasteiger partial charge on any atom is 0.119 e. The van der Waals surface area contributed by atoms with Crippen molar-refractivity contribution in [1.82, 2.24) is 0 Å². The molecule has 0 amide bonds. The first-order valence-electron chi connectivity index (χ1n) is 14.3. The van der Waals surface area contributed by atoms with Gasteiger partial charge in [-0.15, -0.1) is 0 Å². The summed E-state index contributed by atoms with van der Waals surface area (Å²) in [7, 11) is 0. The average molecular weight is 467 g/mol. The Morgan fingerprint density at radius 3 is 1.00 bits per heavy atom. The number of hydrogen-bond donors (Lipinski definition) is 0. The third-order valence-electron chi connectivity index (χ3n) is 6.58. The van der Waals surface area contributed by atoms with E-state index in [0.29, 0.717) is 0 Å². The lowest BCUT2D eigenvalue weighted by Gasteiger charge is -2.09. The van der Waals surface area contributed by atoms with E-state index in [1.165, 1.54) is 101 Å². The molecule has 0 saturated heterocycles. The summed E-state index contributed by atoms with van der Waals surface area (Å²) < 4.78 is 11.9. The first-order chi connectivity index (χ1) is 16.8. The summed E-state index contributed by atoms with van der Waals surface area (Å²) in [5, 5.41) is 0. The zero-order chi connectivity index (χ0) is 24.1. The molecule has 0 bridgehead atoms. The minimum absolute atomic E-state index is 0.819. The smallest absolute Gasteiger partial charge is 0.119 e. The van der Waals surface area contributed by atoms with Crippen molar-refractivity contribution >= 4 is 0 Å². The summed E-state index contributed by atoms with van der Waals surface area (Å²) in [5.41, 5.74) is 2.43. The summed E-state index contributed by atoms with van der Waals surface area (Å²) in [6, 6.07) is 17.0. The van der Waals surface area contributed by atoms with Gasteiger partial charge in [0, 0.05) is 0 Å². The molecule has 0 fully saturated rings. The molecule has 0 spiro atoms. The Balaban J connectivity index is 1.57. The van der Waals surface area contributed by atoms with Crippen LogP contribution in [0.3, 0.4) is 0 Å². The van der Waals surface area contributed by atoms with E-state index >= 15 is 0 Å². The van der Waals surface area contributed by atoms with Crippen LogP contribution in [0.15, 0.2) is 48.5 Å². The van der Waals surface area contributed by atoms with E-state index in [2.05, 4.69) is 62.4 Å². The highest BCUT2D eigenvalue weighted by Gasteiger charge is 2.01. The molecular formula is C32H50O2. The Labute approximate surface area is 210 Å². The average Bonchev–Trinajstić information content (AvgIpc) is 2.87. The van der Waals surface area contributed by atoms with Gasteiger partial charge in [0.15, 0.2) is 0 Å². The van der Waals surface area contributed by atoms with Crippen LogP contribution in [0.2, 0.25) is 0 Å². The first-order valence-corrected chi connectivity index (χ1v) is 14.3. The molecule has 0 saturated carbocycles. The van der Waals surface area contributed by atoms with Crippen LogP contribution in [-0.4, -0.2) is 13.2 Å². The third-order valence-corrected chi connectivity index (χ3v) is 6.58. The van der Waals surface area contributed by atoms with Crippen molar-refractivity contribution in [2.24, 2.45) is 0 Å². The second-order valence-corrected chi connectivity index (χ2v) is 9.70. The number of unbranched alkanes of at least 4 members (excludes halogenated alkanes) is 14. The fraction of sp³-hybridized carbons (Fsp3) is 0.625. The van der Waals surface area contributed by atoms with E-state index in [1.807, 2.05) is 0 Å². The van der Waals surface area contributed by atoms with E-state index < -0.39 is 0 Å². The van der Waals surface area contributed by atoms with Crippen LogP contribution in [-0.2, 0) is 0 Å². The van der Waals surface area contributed by atoms with Gasteiger partial charge in [0.05, 0.1) is 13.2 Å². The molecule has 2 aromatic rings. The van der Waals surface area contributed by atoms with E-state index in [4.69, 9.17) is 9.47 Å². The summed E-state index contributed by atoms with van der Waals surface area (Å²) in [5.74, 6) is 1.94. The molecule has 2 aromatic carbocycles. The van der Waals surface area contributed by atoms with Crippen LogP contribution >= 0.6 is 0 Å². The highest BCUT2D eigenvalue weighted by Crippen LogP contribution is 2.25. The van der Waals surface area contributed by atoms with Crippen molar-refractivity contribution < 1.29 is 9.47 Å². The highest BCUT2D eigenvalue weighted by molar-refractivity contribution is 5.64. The predicted octanol–water partition coefficient (Wildman–Crippen LogP) is 10.4. The summed E-state index contributed by atoms with van der Waals surface area (Å²) >= 11 is 0. The number of hydrogen-bond acceptors (Lipinski definition) is 2. The summed E-state index contributed by atoms with van der Waals surface area (Å²) in [6.45, 7) is 6.18. The van der Waals surface area contributed by atoms with Gasteiger partial charge in [-0.1, -0.05) is 128 Å². The number of rotatable bonds is 21. The largest absolute Gasteiger partial charge is 0.494 e. The minimum Gasteiger partial charge on any atom is -0.494 e. The Morgan fingerprint density at radius 2 is 0.676 bits per heavy atom. The minimum atomic E-state index is 0.819. The van der Waals surface area contributed by atoms with Crippen molar-refractivity contribution in [3.8, 4) is 22.6 Å². The van der Waals surface area contributed by atoms with Crippen LogP contribution < -0.4 is 9.47 Å². The van der Waals surface area contributed by atoms with Crippen LogP contribution in [0.1, 0.15) is 117 Å². The quantitative estimate of drug-likeness (QED) is 0.170. The Hall–Kier alpha value is -1.96. The molecular weight excluding hydrogens is 416 g/mol. The molecule has 0 atom stereocenters. The molecule has 2 rings (SSSR count). The fourth-order valence-electron chi connectivity index (χ4n) is 4.34. The topological polar surface area (TPSA) is 18.5 Å². The van der Waals surface area contributed by atoms with Gasteiger partial charge in [-0.05, 0) is 48.2 Å². The molecule has 190 valence electrons. The zero-order valence-corrected chi connectivity index (χ0v) is 22.2. The summed E-state index contributed by atoms with van der Waals surface area (Å²) in [4.78, 5) is 0. The van der Waals surface area contributed by atoms with Crippen molar-refractivity contribution in [2.75, 3.05) is 13.2 Å².